The first-order chi connectivity index (χ1) is 11.7. The summed E-state index contributed by atoms with van der Waals surface area (Å²) in [5.41, 5.74) is -0.0999. The Labute approximate surface area is 146 Å². The van der Waals surface area contributed by atoms with Gasteiger partial charge < -0.3 is 15.0 Å². The molecule has 8 heteroatoms. The number of aromatic nitrogens is 1. The molecule has 0 saturated carbocycles. The van der Waals surface area contributed by atoms with Crippen molar-refractivity contribution in [1.29, 1.82) is 0 Å². The summed E-state index contributed by atoms with van der Waals surface area (Å²) in [6.45, 7) is 7.37. The maximum absolute atomic E-state index is 12.3. The van der Waals surface area contributed by atoms with Crippen LogP contribution in [0.25, 0.3) is 0 Å². The molecule has 1 aliphatic heterocycles. The standard InChI is InChI=1S/C17H24N4O4/c1-11(22)21-9-5-6-13(21)15(23)19-12-7-8-14(18-10-12)20-16(24)25-17(2,3)4/h7-8,10,13H,5-6,9H2,1-4H3,(H,19,23)(H,18,20,24)/t13-/m0/s1. The molecule has 136 valence electrons. The molecule has 1 aromatic heterocycles. The first-order valence-electron chi connectivity index (χ1n) is 8.20. The zero-order valence-electron chi connectivity index (χ0n) is 15.0. The van der Waals surface area contributed by atoms with Gasteiger partial charge in [-0.3, -0.25) is 14.9 Å². The van der Waals surface area contributed by atoms with Gasteiger partial charge in [0.25, 0.3) is 0 Å². The third-order valence-corrected chi connectivity index (χ3v) is 3.62. The largest absolute Gasteiger partial charge is 0.444 e. The summed E-state index contributed by atoms with van der Waals surface area (Å²) < 4.78 is 5.14. The van der Waals surface area contributed by atoms with Crippen LogP contribution in [0, 0.1) is 0 Å². The quantitative estimate of drug-likeness (QED) is 0.873. The molecule has 0 radical (unpaired) electrons. The van der Waals surface area contributed by atoms with Crippen molar-refractivity contribution in [3.05, 3.63) is 18.3 Å². The Kier molecular flexibility index (Phi) is 5.61. The van der Waals surface area contributed by atoms with Crippen molar-refractivity contribution in [3.8, 4) is 0 Å². The third-order valence-electron chi connectivity index (χ3n) is 3.62. The molecule has 2 heterocycles. The van der Waals surface area contributed by atoms with Gasteiger partial charge in [0, 0.05) is 13.5 Å². The van der Waals surface area contributed by atoms with E-state index in [1.807, 2.05) is 0 Å². The number of hydrogen-bond donors (Lipinski definition) is 2. The molecule has 0 bridgehead atoms. The van der Waals surface area contributed by atoms with E-state index in [2.05, 4.69) is 15.6 Å². The summed E-state index contributed by atoms with van der Waals surface area (Å²) >= 11 is 0. The monoisotopic (exact) mass is 348 g/mol. The molecule has 2 N–H and O–H groups in total. The topological polar surface area (TPSA) is 101 Å². The van der Waals surface area contributed by atoms with Gasteiger partial charge in [0.15, 0.2) is 0 Å². The first-order valence-corrected chi connectivity index (χ1v) is 8.20. The number of rotatable bonds is 3. The molecule has 1 aromatic rings. The zero-order valence-corrected chi connectivity index (χ0v) is 15.0. The fourth-order valence-corrected chi connectivity index (χ4v) is 2.59. The molecule has 25 heavy (non-hydrogen) atoms. The molecule has 0 aromatic carbocycles. The van der Waals surface area contributed by atoms with Gasteiger partial charge in [-0.1, -0.05) is 0 Å². The van der Waals surface area contributed by atoms with Crippen molar-refractivity contribution in [3.63, 3.8) is 0 Å². The Morgan fingerprint density at radius 3 is 2.52 bits per heavy atom. The van der Waals surface area contributed by atoms with E-state index in [1.165, 1.54) is 13.1 Å². The number of nitrogens with one attached hydrogen (secondary N) is 2. The minimum Gasteiger partial charge on any atom is -0.444 e. The Bertz CT molecular complexity index is 652. The van der Waals surface area contributed by atoms with Crippen LogP contribution in [0.3, 0.4) is 0 Å². The second-order valence-corrected chi connectivity index (χ2v) is 6.92. The highest BCUT2D eigenvalue weighted by molar-refractivity contribution is 5.97. The minimum absolute atomic E-state index is 0.104. The molecule has 1 atom stereocenters. The lowest BCUT2D eigenvalue weighted by atomic mass is 10.2. The van der Waals surface area contributed by atoms with Crippen LogP contribution in [0.1, 0.15) is 40.5 Å². The number of carbonyl (C=O) groups excluding carboxylic acids is 3. The number of nitrogens with zero attached hydrogens (tertiary/aromatic N) is 2. The third kappa shape index (κ3) is 5.44. The van der Waals surface area contributed by atoms with E-state index in [0.717, 1.165) is 6.42 Å². The van der Waals surface area contributed by atoms with Gasteiger partial charge in [-0.15, -0.1) is 0 Å². The lowest BCUT2D eigenvalue weighted by molar-refractivity contribution is -0.134. The number of amides is 3. The van der Waals surface area contributed by atoms with Gasteiger partial charge >= 0.3 is 6.09 Å². The lowest BCUT2D eigenvalue weighted by Crippen LogP contribution is -2.42. The van der Waals surface area contributed by atoms with Crippen molar-refractivity contribution in [2.45, 2.75) is 52.2 Å². The van der Waals surface area contributed by atoms with Crippen LogP contribution in [0.4, 0.5) is 16.3 Å². The number of ether oxygens (including phenoxy) is 1. The number of likely N-dealkylation sites (tertiary alicyclic amines) is 1. The Balaban J connectivity index is 1.93. The van der Waals surface area contributed by atoms with E-state index in [9.17, 15) is 14.4 Å². The summed E-state index contributed by atoms with van der Waals surface area (Å²) in [5, 5.41) is 5.27. The SMILES string of the molecule is CC(=O)N1CCC[C@H]1C(=O)Nc1ccc(NC(=O)OC(C)(C)C)nc1. The van der Waals surface area contributed by atoms with Crippen molar-refractivity contribution in [2.24, 2.45) is 0 Å². The van der Waals surface area contributed by atoms with Crippen LogP contribution in [-0.4, -0.2) is 46.0 Å². The molecule has 8 nitrogen and oxygen atoms in total. The summed E-state index contributed by atoms with van der Waals surface area (Å²) in [6, 6.07) is 2.75. The molecule has 1 saturated heterocycles. The van der Waals surface area contributed by atoms with E-state index in [4.69, 9.17) is 4.74 Å². The van der Waals surface area contributed by atoms with E-state index in [-0.39, 0.29) is 11.8 Å². The Morgan fingerprint density at radius 1 is 1.24 bits per heavy atom. The van der Waals surface area contributed by atoms with E-state index in [1.54, 1.807) is 37.8 Å². The maximum Gasteiger partial charge on any atom is 0.413 e. The molecule has 1 fully saturated rings. The molecule has 0 aliphatic carbocycles. The van der Waals surface area contributed by atoms with Crippen LogP contribution in [0.15, 0.2) is 18.3 Å². The predicted molar refractivity (Wildman–Crippen MR) is 93.1 cm³/mol. The van der Waals surface area contributed by atoms with Gasteiger partial charge in [-0.2, -0.15) is 0 Å². The second kappa shape index (κ2) is 7.50. The van der Waals surface area contributed by atoms with Crippen LogP contribution in [0.2, 0.25) is 0 Å². The van der Waals surface area contributed by atoms with Crippen molar-refractivity contribution < 1.29 is 19.1 Å². The smallest absolute Gasteiger partial charge is 0.413 e. The van der Waals surface area contributed by atoms with Crippen LogP contribution < -0.4 is 10.6 Å². The highest BCUT2D eigenvalue weighted by Crippen LogP contribution is 2.19. The number of anilines is 2. The van der Waals surface area contributed by atoms with Crippen LogP contribution >= 0.6 is 0 Å². The fourth-order valence-electron chi connectivity index (χ4n) is 2.59. The van der Waals surface area contributed by atoms with Crippen molar-refractivity contribution in [2.75, 3.05) is 17.2 Å². The van der Waals surface area contributed by atoms with E-state index in [0.29, 0.717) is 24.5 Å². The van der Waals surface area contributed by atoms with Gasteiger partial charge in [-0.25, -0.2) is 9.78 Å². The van der Waals surface area contributed by atoms with Gasteiger partial charge in [-0.05, 0) is 45.7 Å². The Morgan fingerprint density at radius 2 is 1.96 bits per heavy atom. The average Bonchev–Trinajstić information content (AvgIpc) is 2.97. The normalized spacial score (nSPS) is 17.1. The van der Waals surface area contributed by atoms with E-state index < -0.39 is 17.7 Å². The number of carbonyl (C=O) groups is 3. The summed E-state index contributed by atoms with van der Waals surface area (Å²) in [5.74, 6) is -0.0199. The minimum atomic E-state index is -0.597. The molecular weight excluding hydrogens is 324 g/mol. The molecule has 0 unspecified atom stereocenters. The lowest BCUT2D eigenvalue weighted by Gasteiger charge is -2.22. The summed E-state index contributed by atoms with van der Waals surface area (Å²) in [7, 11) is 0. The zero-order chi connectivity index (χ0) is 18.6. The van der Waals surface area contributed by atoms with Gasteiger partial charge in [0.05, 0.1) is 11.9 Å². The van der Waals surface area contributed by atoms with Crippen LogP contribution in [0.5, 0.6) is 0 Å². The first kappa shape index (κ1) is 18.7. The highest BCUT2D eigenvalue weighted by atomic mass is 16.6. The molecule has 3 amide bonds. The van der Waals surface area contributed by atoms with Crippen molar-refractivity contribution in [1.82, 2.24) is 9.88 Å². The number of hydrogen-bond acceptors (Lipinski definition) is 5. The van der Waals surface area contributed by atoms with Crippen LogP contribution in [-0.2, 0) is 14.3 Å². The summed E-state index contributed by atoms with van der Waals surface area (Å²) in [6.07, 6.45) is 2.31. The average molecular weight is 348 g/mol. The molecule has 0 spiro atoms. The van der Waals surface area contributed by atoms with E-state index >= 15 is 0 Å². The highest BCUT2D eigenvalue weighted by Gasteiger charge is 2.32. The second-order valence-electron chi connectivity index (χ2n) is 6.92. The van der Waals surface area contributed by atoms with Gasteiger partial charge in [0.2, 0.25) is 11.8 Å². The fraction of sp³-hybridized carbons (Fsp3) is 0.529. The van der Waals surface area contributed by atoms with Crippen molar-refractivity contribution >= 4 is 29.4 Å². The maximum atomic E-state index is 12.3. The molecule has 1 aliphatic rings. The number of pyridine rings is 1. The van der Waals surface area contributed by atoms with Gasteiger partial charge in [0.1, 0.15) is 17.5 Å². The molecular formula is C17H24N4O4. The predicted octanol–water partition coefficient (Wildman–Crippen LogP) is 2.38. The Hall–Kier alpha value is -2.64. The molecule has 2 rings (SSSR count). The summed E-state index contributed by atoms with van der Waals surface area (Å²) in [4.78, 5) is 41.2.